The summed E-state index contributed by atoms with van der Waals surface area (Å²) in [6.07, 6.45) is 1.94. The Balaban J connectivity index is 1.49. The van der Waals surface area contributed by atoms with Crippen LogP contribution in [0.15, 0.2) is 0 Å². The minimum atomic E-state index is -0.159. The monoisotopic (exact) mass is 437 g/mol. The highest BCUT2D eigenvalue weighted by molar-refractivity contribution is 4.93. The van der Waals surface area contributed by atoms with Crippen LogP contribution in [0, 0.1) is 5.41 Å². The largest absolute Gasteiger partial charge is 0.392 e. The first-order valence-electron chi connectivity index (χ1n) is 13.0. The predicted molar refractivity (Wildman–Crippen MR) is 130 cm³/mol. The van der Waals surface area contributed by atoms with Crippen molar-refractivity contribution < 1.29 is 5.11 Å². The standard InChI is InChI=1S/C25H51N5O/c1-8-25(7,30-17-13-27(14-18-30)21(2)3)29-15-11-26(12-16-29)19-22(4)28-10-9-23(31)24(5,6)20-28/h21-23,31H,8-20H2,1-7H3. The van der Waals surface area contributed by atoms with Crippen molar-refractivity contribution in [2.24, 2.45) is 5.41 Å². The van der Waals surface area contributed by atoms with E-state index in [4.69, 9.17) is 0 Å². The molecule has 0 aliphatic carbocycles. The Hall–Kier alpha value is -0.240. The average molecular weight is 438 g/mol. The molecule has 0 spiro atoms. The van der Waals surface area contributed by atoms with Crippen LogP contribution in [0.1, 0.15) is 61.3 Å². The van der Waals surface area contributed by atoms with Crippen molar-refractivity contribution in [3.05, 3.63) is 0 Å². The molecule has 0 aromatic carbocycles. The van der Waals surface area contributed by atoms with Gasteiger partial charge in [0.1, 0.15) is 0 Å². The molecular weight excluding hydrogens is 386 g/mol. The third kappa shape index (κ3) is 5.82. The van der Waals surface area contributed by atoms with E-state index in [-0.39, 0.29) is 17.2 Å². The first kappa shape index (κ1) is 25.4. The number of hydrogen-bond donors (Lipinski definition) is 1. The second-order valence-corrected chi connectivity index (χ2v) is 11.6. The Morgan fingerprint density at radius 1 is 0.871 bits per heavy atom. The lowest BCUT2D eigenvalue weighted by Crippen LogP contribution is -2.66. The smallest absolute Gasteiger partial charge is 0.0707 e. The van der Waals surface area contributed by atoms with Gasteiger partial charge in [-0.25, -0.2) is 0 Å². The maximum atomic E-state index is 10.3. The van der Waals surface area contributed by atoms with E-state index >= 15 is 0 Å². The Bertz CT molecular complexity index is 554. The van der Waals surface area contributed by atoms with Crippen molar-refractivity contribution in [2.75, 3.05) is 72.0 Å². The molecule has 0 amide bonds. The molecule has 3 rings (SSSR count). The second kappa shape index (κ2) is 10.4. The van der Waals surface area contributed by atoms with Gasteiger partial charge in [-0.1, -0.05) is 20.8 Å². The Labute approximate surface area is 192 Å². The summed E-state index contributed by atoms with van der Waals surface area (Å²) in [5, 5.41) is 10.3. The zero-order valence-electron chi connectivity index (χ0n) is 21.6. The number of likely N-dealkylation sites (tertiary alicyclic amines) is 1. The molecule has 0 aromatic rings. The van der Waals surface area contributed by atoms with Gasteiger partial charge in [0.05, 0.1) is 11.8 Å². The fraction of sp³-hybridized carbons (Fsp3) is 1.00. The maximum absolute atomic E-state index is 10.3. The lowest BCUT2D eigenvalue weighted by atomic mass is 9.81. The van der Waals surface area contributed by atoms with Crippen LogP contribution in [0.25, 0.3) is 0 Å². The molecule has 0 aromatic heterocycles. The van der Waals surface area contributed by atoms with Gasteiger partial charge in [0, 0.05) is 89.5 Å². The lowest BCUT2D eigenvalue weighted by molar-refractivity contribution is -0.0920. The highest BCUT2D eigenvalue weighted by Gasteiger charge is 2.40. The molecule has 3 aliphatic rings. The number of rotatable bonds is 7. The fourth-order valence-corrected chi connectivity index (χ4v) is 6.03. The van der Waals surface area contributed by atoms with Crippen molar-refractivity contribution in [3.8, 4) is 0 Å². The van der Waals surface area contributed by atoms with Crippen molar-refractivity contribution in [3.63, 3.8) is 0 Å². The van der Waals surface area contributed by atoms with Gasteiger partial charge >= 0.3 is 0 Å². The number of piperidine rings is 1. The molecule has 3 atom stereocenters. The first-order chi connectivity index (χ1) is 14.6. The van der Waals surface area contributed by atoms with Gasteiger partial charge in [-0.3, -0.25) is 24.5 Å². The lowest BCUT2D eigenvalue weighted by Gasteiger charge is -2.54. The van der Waals surface area contributed by atoms with Crippen molar-refractivity contribution in [1.82, 2.24) is 24.5 Å². The fourth-order valence-electron chi connectivity index (χ4n) is 6.03. The van der Waals surface area contributed by atoms with Crippen LogP contribution in [0.2, 0.25) is 0 Å². The van der Waals surface area contributed by atoms with E-state index in [1.807, 2.05) is 0 Å². The molecular formula is C25H51N5O. The van der Waals surface area contributed by atoms with E-state index in [0.29, 0.717) is 12.1 Å². The van der Waals surface area contributed by atoms with Crippen LogP contribution < -0.4 is 0 Å². The number of aliphatic hydroxyl groups is 1. The van der Waals surface area contributed by atoms with E-state index in [0.717, 1.165) is 26.1 Å². The van der Waals surface area contributed by atoms with Crippen LogP contribution in [-0.2, 0) is 0 Å². The average Bonchev–Trinajstić information content (AvgIpc) is 2.75. The quantitative estimate of drug-likeness (QED) is 0.658. The molecule has 3 saturated heterocycles. The summed E-state index contributed by atoms with van der Waals surface area (Å²) in [5.41, 5.74) is 0.196. The number of piperazine rings is 2. The summed E-state index contributed by atoms with van der Waals surface area (Å²) in [7, 11) is 0. The summed E-state index contributed by atoms with van der Waals surface area (Å²) in [5.74, 6) is 0. The SMILES string of the molecule is CCC(C)(N1CCN(CC(C)N2CCC(O)C(C)(C)C2)CC1)N1CCN(C(C)C)CC1. The van der Waals surface area contributed by atoms with E-state index < -0.39 is 0 Å². The molecule has 3 aliphatic heterocycles. The van der Waals surface area contributed by atoms with Crippen LogP contribution in [0.5, 0.6) is 0 Å². The van der Waals surface area contributed by atoms with Gasteiger partial charge in [-0.15, -0.1) is 0 Å². The Morgan fingerprint density at radius 3 is 1.90 bits per heavy atom. The van der Waals surface area contributed by atoms with Crippen LogP contribution in [0.4, 0.5) is 0 Å². The molecule has 182 valence electrons. The molecule has 3 fully saturated rings. The molecule has 3 unspecified atom stereocenters. The van der Waals surface area contributed by atoms with Gasteiger partial charge in [0.2, 0.25) is 0 Å². The summed E-state index contributed by atoms with van der Waals surface area (Å²) < 4.78 is 0. The second-order valence-electron chi connectivity index (χ2n) is 11.6. The zero-order chi connectivity index (χ0) is 22.8. The number of nitrogens with zero attached hydrogens (tertiary/aromatic N) is 5. The highest BCUT2D eigenvalue weighted by Crippen LogP contribution is 2.31. The minimum absolute atomic E-state index is 0.00768. The molecule has 0 radical (unpaired) electrons. The predicted octanol–water partition coefficient (Wildman–Crippen LogP) is 2.24. The molecule has 0 bridgehead atoms. The van der Waals surface area contributed by atoms with Gasteiger partial charge in [-0.05, 0) is 40.5 Å². The van der Waals surface area contributed by atoms with E-state index in [1.165, 1.54) is 58.8 Å². The normalized spacial score (nSPS) is 31.1. The third-order valence-electron chi connectivity index (χ3n) is 8.80. The minimum Gasteiger partial charge on any atom is -0.392 e. The van der Waals surface area contributed by atoms with E-state index in [1.54, 1.807) is 0 Å². The Kier molecular flexibility index (Phi) is 8.48. The van der Waals surface area contributed by atoms with Crippen LogP contribution >= 0.6 is 0 Å². The molecule has 0 saturated carbocycles. The topological polar surface area (TPSA) is 36.4 Å². The van der Waals surface area contributed by atoms with Crippen molar-refractivity contribution >= 4 is 0 Å². The van der Waals surface area contributed by atoms with Crippen LogP contribution in [-0.4, -0.2) is 125 Å². The van der Waals surface area contributed by atoms with E-state index in [9.17, 15) is 5.11 Å². The van der Waals surface area contributed by atoms with E-state index in [2.05, 4.69) is 73.0 Å². The van der Waals surface area contributed by atoms with Gasteiger partial charge in [0.25, 0.3) is 0 Å². The number of aliphatic hydroxyl groups excluding tert-OH is 1. The van der Waals surface area contributed by atoms with Gasteiger partial charge in [-0.2, -0.15) is 0 Å². The van der Waals surface area contributed by atoms with Gasteiger partial charge in [0.15, 0.2) is 0 Å². The van der Waals surface area contributed by atoms with Crippen LogP contribution in [0.3, 0.4) is 0 Å². The van der Waals surface area contributed by atoms with Crippen molar-refractivity contribution in [1.29, 1.82) is 0 Å². The third-order valence-corrected chi connectivity index (χ3v) is 8.80. The summed E-state index contributed by atoms with van der Waals surface area (Å²) in [6.45, 7) is 29.0. The maximum Gasteiger partial charge on any atom is 0.0707 e. The molecule has 1 N–H and O–H groups in total. The molecule has 31 heavy (non-hydrogen) atoms. The van der Waals surface area contributed by atoms with Gasteiger partial charge < -0.3 is 5.11 Å². The Morgan fingerprint density at radius 2 is 1.42 bits per heavy atom. The molecule has 6 heteroatoms. The zero-order valence-corrected chi connectivity index (χ0v) is 21.6. The number of hydrogen-bond acceptors (Lipinski definition) is 6. The summed E-state index contributed by atoms with van der Waals surface area (Å²) in [4.78, 5) is 13.4. The molecule has 3 heterocycles. The summed E-state index contributed by atoms with van der Waals surface area (Å²) >= 11 is 0. The highest BCUT2D eigenvalue weighted by atomic mass is 16.3. The molecule has 6 nitrogen and oxygen atoms in total. The first-order valence-corrected chi connectivity index (χ1v) is 13.0. The summed E-state index contributed by atoms with van der Waals surface area (Å²) in [6, 6.07) is 1.22. The van der Waals surface area contributed by atoms with Crippen molar-refractivity contribution in [2.45, 2.75) is 85.2 Å².